The topological polar surface area (TPSA) is 61.0 Å². The fraction of sp³-hybridized carbons (Fsp3) is 0.412. The number of benzene rings is 1. The lowest BCUT2D eigenvalue weighted by atomic mass is 9.72. The lowest BCUT2D eigenvalue weighted by molar-refractivity contribution is 0.0928. The molecular formula is C17H22N4O. The third-order valence-electron chi connectivity index (χ3n) is 4.68. The van der Waals surface area contributed by atoms with Crippen LogP contribution in [0.25, 0.3) is 0 Å². The van der Waals surface area contributed by atoms with Crippen LogP contribution in [0.4, 0.5) is 0 Å². The number of hydrogen-bond donors (Lipinski definition) is 2. The number of aromatic amines is 1. The highest BCUT2D eigenvalue weighted by molar-refractivity contribution is 5.93. The van der Waals surface area contributed by atoms with Gasteiger partial charge in [0.1, 0.15) is 0 Å². The average molecular weight is 298 g/mol. The molecule has 2 aromatic rings. The molecule has 0 saturated carbocycles. The van der Waals surface area contributed by atoms with Gasteiger partial charge in [0.15, 0.2) is 0 Å². The molecule has 1 aromatic heterocycles. The van der Waals surface area contributed by atoms with Crippen molar-refractivity contribution in [1.29, 1.82) is 0 Å². The number of carbonyl (C=O) groups is 1. The number of aromatic nitrogens is 2. The maximum absolute atomic E-state index is 12.2. The van der Waals surface area contributed by atoms with Gasteiger partial charge < -0.3 is 10.2 Å². The van der Waals surface area contributed by atoms with Gasteiger partial charge in [0.25, 0.3) is 5.91 Å². The van der Waals surface area contributed by atoms with Gasteiger partial charge in [-0.2, -0.15) is 5.10 Å². The number of nitrogens with one attached hydrogen (secondary N) is 2. The van der Waals surface area contributed by atoms with Crippen molar-refractivity contribution in [1.82, 2.24) is 20.4 Å². The molecular weight excluding hydrogens is 276 g/mol. The molecule has 3 rings (SSSR count). The summed E-state index contributed by atoms with van der Waals surface area (Å²) in [6.45, 7) is 2.77. The predicted octanol–water partition coefficient (Wildman–Crippen LogP) is 1.80. The van der Waals surface area contributed by atoms with Crippen LogP contribution in [0.2, 0.25) is 0 Å². The standard InChI is InChI=1S/C17H22N4O/c1-21-9-7-17(8-10-21,15-5-3-2-4-6-15)13-18-16(22)14-11-19-20-12-14/h2-6,11-12H,7-10,13H2,1H3,(H,18,22)(H,19,20). The van der Waals surface area contributed by atoms with Gasteiger partial charge in [0, 0.05) is 18.2 Å². The summed E-state index contributed by atoms with van der Waals surface area (Å²) in [5.74, 6) is -0.0667. The van der Waals surface area contributed by atoms with Crippen molar-refractivity contribution in [2.45, 2.75) is 18.3 Å². The summed E-state index contributed by atoms with van der Waals surface area (Å²) in [7, 11) is 2.15. The summed E-state index contributed by atoms with van der Waals surface area (Å²) >= 11 is 0. The van der Waals surface area contributed by atoms with E-state index in [0.717, 1.165) is 25.9 Å². The van der Waals surface area contributed by atoms with E-state index in [1.807, 2.05) is 6.07 Å². The zero-order valence-corrected chi connectivity index (χ0v) is 12.9. The van der Waals surface area contributed by atoms with Crippen LogP contribution < -0.4 is 5.32 Å². The monoisotopic (exact) mass is 298 g/mol. The van der Waals surface area contributed by atoms with E-state index in [4.69, 9.17) is 0 Å². The van der Waals surface area contributed by atoms with Gasteiger partial charge in [0.05, 0.1) is 11.8 Å². The molecule has 0 radical (unpaired) electrons. The molecule has 1 fully saturated rings. The van der Waals surface area contributed by atoms with Crippen molar-refractivity contribution in [3.8, 4) is 0 Å². The molecule has 1 aromatic carbocycles. The molecule has 0 bridgehead atoms. The molecule has 0 atom stereocenters. The molecule has 5 heteroatoms. The number of likely N-dealkylation sites (tertiary alicyclic amines) is 1. The van der Waals surface area contributed by atoms with Crippen molar-refractivity contribution < 1.29 is 4.79 Å². The Balaban J connectivity index is 1.76. The first kappa shape index (κ1) is 14.8. The van der Waals surface area contributed by atoms with Gasteiger partial charge in [-0.05, 0) is 38.5 Å². The molecule has 2 heterocycles. The van der Waals surface area contributed by atoms with Crippen LogP contribution >= 0.6 is 0 Å². The average Bonchev–Trinajstić information content (AvgIpc) is 3.10. The van der Waals surface area contributed by atoms with E-state index in [2.05, 4.69) is 51.7 Å². The lowest BCUT2D eigenvalue weighted by Gasteiger charge is -2.41. The van der Waals surface area contributed by atoms with Crippen LogP contribution in [-0.2, 0) is 5.41 Å². The highest BCUT2D eigenvalue weighted by Gasteiger charge is 2.35. The van der Waals surface area contributed by atoms with E-state index in [1.54, 1.807) is 12.4 Å². The van der Waals surface area contributed by atoms with Crippen molar-refractivity contribution in [2.75, 3.05) is 26.7 Å². The van der Waals surface area contributed by atoms with Crippen molar-refractivity contribution in [3.63, 3.8) is 0 Å². The Hall–Kier alpha value is -2.14. The van der Waals surface area contributed by atoms with Gasteiger partial charge in [0.2, 0.25) is 0 Å². The number of amides is 1. The summed E-state index contributed by atoms with van der Waals surface area (Å²) < 4.78 is 0. The third-order valence-corrected chi connectivity index (χ3v) is 4.68. The Labute approximate surface area is 130 Å². The number of nitrogens with zero attached hydrogens (tertiary/aromatic N) is 2. The van der Waals surface area contributed by atoms with Crippen LogP contribution in [0.1, 0.15) is 28.8 Å². The summed E-state index contributed by atoms with van der Waals surface area (Å²) in [6, 6.07) is 10.5. The predicted molar refractivity (Wildman–Crippen MR) is 85.8 cm³/mol. The Bertz CT molecular complexity index is 601. The second-order valence-electron chi connectivity index (χ2n) is 6.12. The zero-order valence-electron chi connectivity index (χ0n) is 12.9. The fourth-order valence-corrected chi connectivity index (χ4v) is 3.13. The highest BCUT2D eigenvalue weighted by Crippen LogP contribution is 2.34. The SMILES string of the molecule is CN1CCC(CNC(=O)c2cn[nH]c2)(c2ccccc2)CC1. The van der Waals surface area contributed by atoms with E-state index >= 15 is 0 Å². The van der Waals surface area contributed by atoms with Crippen molar-refractivity contribution >= 4 is 5.91 Å². The van der Waals surface area contributed by atoms with Crippen LogP contribution in [0, 0.1) is 0 Å². The number of hydrogen-bond acceptors (Lipinski definition) is 3. The third kappa shape index (κ3) is 3.04. The number of piperidine rings is 1. The maximum Gasteiger partial charge on any atom is 0.254 e. The lowest BCUT2D eigenvalue weighted by Crippen LogP contribution is -2.48. The van der Waals surface area contributed by atoms with Crippen LogP contribution in [-0.4, -0.2) is 47.7 Å². The van der Waals surface area contributed by atoms with E-state index in [-0.39, 0.29) is 11.3 Å². The molecule has 0 aliphatic carbocycles. The van der Waals surface area contributed by atoms with E-state index < -0.39 is 0 Å². The molecule has 1 aliphatic rings. The molecule has 116 valence electrons. The second kappa shape index (κ2) is 6.32. The molecule has 0 unspecified atom stereocenters. The fourth-order valence-electron chi connectivity index (χ4n) is 3.13. The molecule has 22 heavy (non-hydrogen) atoms. The minimum absolute atomic E-state index is 0.0210. The van der Waals surface area contributed by atoms with E-state index in [0.29, 0.717) is 12.1 Å². The zero-order chi connectivity index (χ0) is 15.4. The molecule has 0 spiro atoms. The first-order valence-electron chi connectivity index (χ1n) is 7.71. The quantitative estimate of drug-likeness (QED) is 0.905. The first-order valence-corrected chi connectivity index (χ1v) is 7.71. The second-order valence-corrected chi connectivity index (χ2v) is 6.12. The summed E-state index contributed by atoms with van der Waals surface area (Å²) in [5.41, 5.74) is 1.92. The Morgan fingerprint density at radius 2 is 2.05 bits per heavy atom. The van der Waals surface area contributed by atoms with Crippen LogP contribution in [0.15, 0.2) is 42.7 Å². The Morgan fingerprint density at radius 1 is 1.32 bits per heavy atom. The smallest absolute Gasteiger partial charge is 0.254 e. The van der Waals surface area contributed by atoms with E-state index in [9.17, 15) is 4.79 Å². The summed E-state index contributed by atoms with van der Waals surface area (Å²) in [5, 5.41) is 9.60. The summed E-state index contributed by atoms with van der Waals surface area (Å²) in [6.07, 6.45) is 5.29. The van der Waals surface area contributed by atoms with Gasteiger partial charge >= 0.3 is 0 Å². The first-order chi connectivity index (χ1) is 10.7. The molecule has 2 N–H and O–H groups in total. The van der Waals surface area contributed by atoms with Gasteiger partial charge in [-0.3, -0.25) is 9.89 Å². The van der Waals surface area contributed by atoms with Crippen LogP contribution in [0.5, 0.6) is 0 Å². The molecule has 1 aliphatic heterocycles. The van der Waals surface area contributed by atoms with Gasteiger partial charge in [-0.1, -0.05) is 30.3 Å². The largest absolute Gasteiger partial charge is 0.351 e. The minimum Gasteiger partial charge on any atom is -0.351 e. The van der Waals surface area contributed by atoms with E-state index in [1.165, 1.54) is 5.56 Å². The number of rotatable bonds is 4. The highest BCUT2D eigenvalue weighted by atomic mass is 16.1. The summed E-state index contributed by atoms with van der Waals surface area (Å²) in [4.78, 5) is 14.6. The van der Waals surface area contributed by atoms with Crippen LogP contribution in [0.3, 0.4) is 0 Å². The normalized spacial score (nSPS) is 18.0. The Kier molecular flexibility index (Phi) is 4.24. The maximum atomic E-state index is 12.2. The molecule has 1 saturated heterocycles. The molecule has 5 nitrogen and oxygen atoms in total. The Morgan fingerprint density at radius 3 is 2.68 bits per heavy atom. The van der Waals surface area contributed by atoms with Gasteiger partial charge in [-0.25, -0.2) is 0 Å². The number of carbonyl (C=O) groups excluding carboxylic acids is 1. The number of H-pyrrole nitrogens is 1. The molecule has 1 amide bonds. The van der Waals surface area contributed by atoms with Gasteiger partial charge in [-0.15, -0.1) is 0 Å². The van der Waals surface area contributed by atoms with Crippen molar-refractivity contribution in [3.05, 3.63) is 53.9 Å². The minimum atomic E-state index is -0.0667. The van der Waals surface area contributed by atoms with Crippen molar-refractivity contribution in [2.24, 2.45) is 0 Å².